The molecule has 1 aliphatic heterocycles. The van der Waals surface area contributed by atoms with Gasteiger partial charge in [-0.2, -0.15) is 0 Å². The number of nitrogens with one attached hydrogen (secondary N) is 2. The van der Waals surface area contributed by atoms with Crippen LogP contribution < -0.4 is 10.6 Å². The fourth-order valence-corrected chi connectivity index (χ4v) is 3.97. The Morgan fingerprint density at radius 2 is 2.00 bits per heavy atom. The molecular weight excluding hydrogens is 316 g/mol. The molecule has 0 aromatic rings. The van der Waals surface area contributed by atoms with Crippen LogP contribution in [0.2, 0.25) is 0 Å². The summed E-state index contributed by atoms with van der Waals surface area (Å²) in [5.41, 5.74) is -0.168. The number of cyclic esters (lactones) is 2. The number of hydrogen-bond acceptors (Lipinski definition) is 6. The van der Waals surface area contributed by atoms with E-state index < -0.39 is 18.4 Å². The Bertz CT molecular complexity index is 521. The molecule has 8 heteroatoms. The summed E-state index contributed by atoms with van der Waals surface area (Å²) in [5, 5.41) is 5.71. The molecule has 3 unspecified atom stereocenters. The Morgan fingerprint density at radius 1 is 1.29 bits per heavy atom. The van der Waals surface area contributed by atoms with Crippen LogP contribution >= 0.6 is 0 Å². The minimum absolute atomic E-state index is 0.0178. The summed E-state index contributed by atoms with van der Waals surface area (Å²) in [6.07, 6.45) is 0.330. The van der Waals surface area contributed by atoms with Crippen LogP contribution in [0.4, 0.5) is 9.59 Å². The van der Waals surface area contributed by atoms with E-state index in [2.05, 4.69) is 40.9 Å². The highest BCUT2D eigenvalue weighted by Crippen LogP contribution is 2.45. The Hall–Kier alpha value is -1.99. The smallest absolute Gasteiger partial charge is 0.453 e. The van der Waals surface area contributed by atoms with E-state index in [1.54, 1.807) is 0 Å². The molecule has 2 fully saturated rings. The predicted octanol–water partition coefficient (Wildman–Crippen LogP) is 1.58. The van der Waals surface area contributed by atoms with Crippen LogP contribution in [0.5, 0.6) is 0 Å². The van der Waals surface area contributed by atoms with Gasteiger partial charge in [0.2, 0.25) is 6.10 Å². The zero-order valence-electron chi connectivity index (χ0n) is 14.6. The molecule has 2 aliphatic rings. The fraction of sp³-hybridized carbons (Fsp3) is 0.812. The van der Waals surface area contributed by atoms with E-state index in [1.807, 2.05) is 0 Å². The second-order valence-corrected chi connectivity index (χ2v) is 7.78. The maximum absolute atomic E-state index is 12.1. The van der Waals surface area contributed by atoms with Crippen LogP contribution in [-0.2, 0) is 19.0 Å². The molecule has 3 atom stereocenters. The molecule has 136 valence electrons. The van der Waals surface area contributed by atoms with Crippen molar-refractivity contribution in [1.29, 1.82) is 0 Å². The quantitative estimate of drug-likeness (QED) is 0.752. The molecule has 8 nitrogen and oxygen atoms in total. The molecule has 1 saturated carbocycles. The molecule has 0 spiro atoms. The van der Waals surface area contributed by atoms with Crippen LogP contribution in [0.25, 0.3) is 0 Å². The van der Waals surface area contributed by atoms with Gasteiger partial charge in [-0.3, -0.25) is 4.79 Å². The SMILES string of the molecule is COC(=O)NC1CC(C)(C)CC(C)(CNC(=O)C2COC(=O)O2)C1. The monoisotopic (exact) mass is 342 g/mol. The van der Waals surface area contributed by atoms with Gasteiger partial charge < -0.3 is 24.8 Å². The highest BCUT2D eigenvalue weighted by Gasteiger charge is 2.42. The second kappa shape index (κ2) is 6.86. The van der Waals surface area contributed by atoms with Crippen LogP contribution in [0.1, 0.15) is 40.0 Å². The minimum Gasteiger partial charge on any atom is -0.453 e. The van der Waals surface area contributed by atoms with E-state index in [0.717, 1.165) is 19.3 Å². The van der Waals surface area contributed by atoms with Gasteiger partial charge in [-0.15, -0.1) is 0 Å². The number of ether oxygens (including phenoxy) is 3. The van der Waals surface area contributed by atoms with E-state index in [0.29, 0.717) is 6.54 Å². The van der Waals surface area contributed by atoms with Crippen molar-refractivity contribution in [2.45, 2.75) is 52.2 Å². The lowest BCUT2D eigenvalue weighted by atomic mass is 9.62. The third kappa shape index (κ3) is 4.75. The van der Waals surface area contributed by atoms with E-state index in [-0.39, 0.29) is 29.4 Å². The molecule has 0 aromatic heterocycles. The first-order chi connectivity index (χ1) is 11.1. The maximum Gasteiger partial charge on any atom is 0.509 e. The number of methoxy groups -OCH3 is 1. The average molecular weight is 342 g/mol. The lowest BCUT2D eigenvalue weighted by Crippen LogP contribution is -2.51. The number of rotatable bonds is 4. The van der Waals surface area contributed by atoms with Crippen LogP contribution in [0.15, 0.2) is 0 Å². The standard InChI is InChI=1S/C16H26N2O6/c1-15(2)5-10(18-13(20)22-4)6-16(3,8-15)9-17-12(19)11-7-23-14(21)24-11/h10-11H,5-9H2,1-4H3,(H,17,19)(H,18,20). The summed E-state index contributed by atoms with van der Waals surface area (Å²) in [5.74, 6) is -0.358. The van der Waals surface area contributed by atoms with E-state index in [1.165, 1.54) is 7.11 Å². The summed E-state index contributed by atoms with van der Waals surface area (Å²) in [6.45, 7) is 6.74. The summed E-state index contributed by atoms with van der Waals surface area (Å²) in [7, 11) is 1.34. The van der Waals surface area contributed by atoms with Crippen molar-refractivity contribution < 1.29 is 28.6 Å². The Morgan fingerprint density at radius 3 is 2.58 bits per heavy atom. The van der Waals surface area contributed by atoms with Crippen LogP contribution in [0.3, 0.4) is 0 Å². The Kier molecular flexibility index (Phi) is 5.25. The topological polar surface area (TPSA) is 103 Å². The molecule has 24 heavy (non-hydrogen) atoms. The molecule has 2 amide bonds. The van der Waals surface area contributed by atoms with Gasteiger partial charge in [0.1, 0.15) is 6.61 Å². The van der Waals surface area contributed by atoms with Crippen LogP contribution in [-0.4, -0.2) is 50.6 Å². The molecule has 1 heterocycles. The van der Waals surface area contributed by atoms with Gasteiger partial charge in [0, 0.05) is 12.6 Å². The molecule has 1 saturated heterocycles. The van der Waals surface area contributed by atoms with Crippen LogP contribution in [0, 0.1) is 10.8 Å². The molecule has 0 aromatic carbocycles. The third-order valence-corrected chi connectivity index (χ3v) is 4.52. The van der Waals surface area contributed by atoms with Crippen molar-refractivity contribution in [1.82, 2.24) is 10.6 Å². The summed E-state index contributed by atoms with van der Waals surface area (Å²) < 4.78 is 14.1. The van der Waals surface area contributed by atoms with Gasteiger partial charge >= 0.3 is 12.2 Å². The predicted molar refractivity (Wildman–Crippen MR) is 84.3 cm³/mol. The Labute approximate surface area is 141 Å². The number of alkyl carbamates (subject to hydrolysis) is 1. The van der Waals surface area contributed by atoms with E-state index >= 15 is 0 Å². The second-order valence-electron chi connectivity index (χ2n) is 7.78. The zero-order chi connectivity index (χ0) is 18.0. The molecule has 2 rings (SSSR count). The van der Waals surface area contributed by atoms with Crippen molar-refractivity contribution in [3.63, 3.8) is 0 Å². The van der Waals surface area contributed by atoms with Gasteiger partial charge in [0.15, 0.2) is 0 Å². The molecular formula is C16H26N2O6. The first-order valence-electron chi connectivity index (χ1n) is 8.08. The first kappa shape index (κ1) is 18.4. The number of carbonyl (C=O) groups is 3. The van der Waals surface area contributed by atoms with E-state index in [4.69, 9.17) is 4.74 Å². The summed E-state index contributed by atoms with van der Waals surface area (Å²) >= 11 is 0. The van der Waals surface area contributed by atoms with E-state index in [9.17, 15) is 14.4 Å². The number of amides is 2. The lowest BCUT2D eigenvalue weighted by Gasteiger charge is -2.46. The molecule has 2 N–H and O–H groups in total. The van der Waals surface area contributed by atoms with Crippen molar-refractivity contribution >= 4 is 18.2 Å². The third-order valence-electron chi connectivity index (χ3n) is 4.52. The highest BCUT2D eigenvalue weighted by atomic mass is 16.8. The first-order valence-corrected chi connectivity index (χ1v) is 8.08. The van der Waals surface area contributed by atoms with Crippen molar-refractivity contribution in [2.75, 3.05) is 20.3 Å². The van der Waals surface area contributed by atoms with Gasteiger partial charge in [-0.1, -0.05) is 20.8 Å². The summed E-state index contributed by atoms with van der Waals surface area (Å²) in [4.78, 5) is 34.5. The largest absolute Gasteiger partial charge is 0.509 e. The Balaban J connectivity index is 1.94. The number of carbonyl (C=O) groups excluding carboxylic acids is 3. The number of hydrogen-bond donors (Lipinski definition) is 2. The van der Waals surface area contributed by atoms with Crippen molar-refractivity contribution in [2.24, 2.45) is 10.8 Å². The highest BCUT2D eigenvalue weighted by molar-refractivity contribution is 5.84. The average Bonchev–Trinajstić information content (AvgIpc) is 2.89. The molecule has 0 bridgehead atoms. The van der Waals surface area contributed by atoms with Gasteiger partial charge in [0.05, 0.1) is 7.11 Å². The normalized spacial score (nSPS) is 31.6. The fourth-order valence-electron chi connectivity index (χ4n) is 3.97. The minimum atomic E-state index is -0.887. The van der Waals surface area contributed by atoms with Gasteiger partial charge in [-0.05, 0) is 30.1 Å². The molecule has 0 radical (unpaired) electrons. The van der Waals surface area contributed by atoms with Crippen molar-refractivity contribution in [3.8, 4) is 0 Å². The lowest BCUT2D eigenvalue weighted by molar-refractivity contribution is -0.128. The van der Waals surface area contributed by atoms with Crippen molar-refractivity contribution in [3.05, 3.63) is 0 Å². The maximum atomic E-state index is 12.1. The van der Waals surface area contributed by atoms with Gasteiger partial charge in [0.25, 0.3) is 5.91 Å². The zero-order valence-corrected chi connectivity index (χ0v) is 14.6. The molecule has 1 aliphatic carbocycles. The summed E-state index contributed by atoms with van der Waals surface area (Å²) in [6, 6.07) is -0.0178. The van der Waals surface area contributed by atoms with Gasteiger partial charge in [-0.25, -0.2) is 9.59 Å².